The lowest BCUT2D eigenvalue weighted by Crippen LogP contribution is -2.55. The van der Waals surface area contributed by atoms with Gasteiger partial charge in [-0.3, -0.25) is 9.59 Å². The van der Waals surface area contributed by atoms with Crippen LogP contribution in [0.15, 0.2) is 0 Å². The molecule has 0 unspecified atom stereocenters. The van der Waals surface area contributed by atoms with Crippen LogP contribution in [-0.4, -0.2) is 11.6 Å². The summed E-state index contributed by atoms with van der Waals surface area (Å²) in [5.74, 6) is 5.20. The lowest BCUT2D eigenvalue weighted by atomic mass is 9.44. The van der Waals surface area contributed by atoms with E-state index >= 15 is 0 Å². The number of carbonyl (C=O) groups is 2. The largest absolute Gasteiger partial charge is 0.291 e. The van der Waals surface area contributed by atoms with Crippen LogP contribution in [0.3, 0.4) is 0 Å². The van der Waals surface area contributed by atoms with Gasteiger partial charge in [0.05, 0.1) is 0 Å². The van der Waals surface area contributed by atoms with Crippen molar-refractivity contribution in [3.63, 3.8) is 0 Å². The van der Waals surface area contributed by atoms with Gasteiger partial charge in [-0.15, -0.1) is 0 Å². The zero-order valence-corrected chi connectivity index (χ0v) is 19.6. The molecule has 0 radical (unpaired) electrons. The molecule has 4 aliphatic rings. The Morgan fingerprint density at radius 3 is 2.31 bits per heavy atom. The maximum Gasteiger partial charge on any atom is 0.198 e. The highest BCUT2D eigenvalue weighted by Crippen LogP contribution is 2.68. The fourth-order valence-corrected chi connectivity index (χ4v) is 8.95. The lowest BCUT2D eigenvalue weighted by molar-refractivity contribution is -0.154. The predicted octanol–water partition coefficient (Wildman–Crippen LogP) is 6.86. The third-order valence-electron chi connectivity index (χ3n) is 10.6. The first kappa shape index (κ1) is 21.6. The van der Waals surface area contributed by atoms with Crippen LogP contribution in [0.4, 0.5) is 0 Å². The number of ketones is 2. The number of Topliss-reactive ketones (excluding diaryl/α,β-unsaturated/α-hetero) is 2. The molecular weight excluding hydrogens is 356 g/mol. The van der Waals surface area contributed by atoms with Crippen molar-refractivity contribution in [3.05, 3.63) is 0 Å². The molecule has 0 bridgehead atoms. The molecule has 4 saturated carbocycles. The standard InChI is InChI=1S/C27H44O2/c1-17(2)7-6-8-18(3)21-11-12-22-20-10-9-19-15-24(28)25(29)16-27(19,5)23(20)13-14-26(21,22)4/h17-23H,6-16H2,1-5H3/t18-,19+,20+,21+,22-,23+,26-,27+/m1/s1. The van der Waals surface area contributed by atoms with E-state index in [0.29, 0.717) is 30.1 Å². The van der Waals surface area contributed by atoms with Gasteiger partial charge in [-0.1, -0.05) is 53.9 Å². The molecule has 0 aromatic rings. The van der Waals surface area contributed by atoms with Crippen molar-refractivity contribution in [1.29, 1.82) is 0 Å². The van der Waals surface area contributed by atoms with Crippen molar-refractivity contribution < 1.29 is 9.59 Å². The van der Waals surface area contributed by atoms with Crippen LogP contribution in [0.5, 0.6) is 0 Å². The van der Waals surface area contributed by atoms with Gasteiger partial charge in [-0.05, 0) is 90.8 Å². The molecule has 0 spiro atoms. The molecule has 0 N–H and O–H groups in total. The molecule has 0 aliphatic heterocycles. The molecule has 4 fully saturated rings. The molecule has 2 heteroatoms. The molecule has 0 amide bonds. The summed E-state index contributed by atoms with van der Waals surface area (Å²) >= 11 is 0. The molecule has 0 aromatic heterocycles. The van der Waals surface area contributed by atoms with Gasteiger partial charge in [-0.25, -0.2) is 0 Å². The Bertz CT molecular complexity index is 651. The summed E-state index contributed by atoms with van der Waals surface area (Å²) in [6.45, 7) is 12.2. The molecule has 0 heterocycles. The molecule has 164 valence electrons. The Kier molecular flexibility index (Phi) is 5.79. The number of rotatable bonds is 5. The molecule has 0 saturated heterocycles. The van der Waals surface area contributed by atoms with Crippen LogP contribution in [-0.2, 0) is 9.59 Å². The summed E-state index contributed by atoms with van der Waals surface area (Å²) in [7, 11) is 0. The summed E-state index contributed by atoms with van der Waals surface area (Å²) in [6, 6.07) is 0. The fourth-order valence-electron chi connectivity index (χ4n) is 8.95. The number of hydrogen-bond donors (Lipinski definition) is 0. The Labute approximate surface area is 179 Å². The Morgan fingerprint density at radius 1 is 0.862 bits per heavy atom. The van der Waals surface area contributed by atoms with Crippen LogP contribution in [0.1, 0.15) is 105 Å². The molecule has 4 aliphatic carbocycles. The quantitative estimate of drug-likeness (QED) is 0.473. The highest BCUT2D eigenvalue weighted by atomic mass is 16.2. The van der Waals surface area contributed by atoms with Crippen LogP contribution in [0, 0.1) is 52.3 Å². The number of hydrogen-bond acceptors (Lipinski definition) is 2. The van der Waals surface area contributed by atoms with Crippen molar-refractivity contribution in [1.82, 2.24) is 0 Å². The lowest BCUT2D eigenvalue weighted by Gasteiger charge is -2.60. The van der Waals surface area contributed by atoms with Gasteiger partial charge in [0.15, 0.2) is 11.6 Å². The van der Waals surface area contributed by atoms with E-state index in [-0.39, 0.29) is 17.0 Å². The zero-order valence-electron chi connectivity index (χ0n) is 19.6. The third-order valence-corrected chi connectivity index (χ3v) is 10.6. The Morgan fingerprint density at radius 2 is 1.59 bits per heavy atom. The van der Waals surface area contributed by atoms with Gasteiger partial charge in [0.25, 0.3) is 0 Å². The third kappa shape index (κ3) is 3.55. The number of fused-ring (bicyclic) bond motifs is 5. The second-order valence-electron chi connectivity index (χ2n) is 12.4. The predicted molar refractivity (Wildman–Crippen MR) is 118 cm³/mol. The monoisotopic (exact) mass is 400 g/mol. The molecule has 0 aromatic carbocycles. The normalized spacial score (nSPS) is 45.7. The second-order valence-corrected chi connectivity index (χ2v) is 12.4. The summed E-state index contributed by atoms with van der Waals surface area (Å²) in [5.41, 5.74) is 0.603. The van der Waals surface area contributed by atoms with Crippen molar-refractivity contribution in [3.8, 4) is 0 Å². The van der Waals surface area contributed by atoms with Crippen molar-refractivity contribution >= 4 is 11.6 Å². The SMILES string of the molecule is CC(C)CCC[C@@H](C)[C@@H]1CC[C@@H]2[C@@H]3CC[C@H]4CC(=O)C(=O)C[C@]4(C)[C@H]3CC[C@@]21C. The molecule has 29 heavy (non-hydrogen) atoms. The minimum Gasteiger partial charge on any atom is -0.291 e. The summed E-state index contributed by atoms with van der Waals surface area (Å²) in [5, 5.41) is 0. The van der Waals surface area contributed by atoms with Gasteiger partial charge in [-0.2, -0.15) is 0 Å². The topological polar surface area (TPSA) is 34.1 Å². The van der Waals surface area contributed by atoms with E-state index in [1.165, 1.54) is 57.8 Å². The van der Waals surface area contributed by atoms with E-state index in [9.17, 15) is 9.59 Å². The Hall–Kier alpha value is -0.660. The second kappa shape index (κ2) is 7.79. The first-order chi connectivity index (χ1) is 13.7. The molecule has 2 nitrogen and oxygen atoms in total. The minimum absolute atomic E-state index is 0.0687. The van der Waals surface area contributed by atoms with Gasteiger partial charge in [0.1, 0.15) is 0 Å². The zero-order chi connectivity index (χ0) is 21.0. The smallest absolute Gasteiger partial charge is 0.198 e. The maximum atomic E-state index is 12.4. The van der Waals surface area contributed by atoms with E-state index in [1.54, 1.807) is 0 Å². The average molecular weight is 401 g/mol. The Balaban J connectivity index is 1.49. The number of carbonyl (C=O) groups excluding carboxylic acids is 2. The fraction of sp³-hybridized carbons (Fsp3) is 0.926. The molecular formula is C27H44O2. The highest BCUT2D eigenvalue weighted by molar-refractivity contribution is 6.38. The molecule has 4 rings (SSSR count). The van der Waals surface area contributed by atoms with E-state index in [1.807, 2.05) is 0 Å². The average Bonchev–Trinajstić information content (AvgIpc) is 3.00. The van der Waals surface area contributed by atoms with E-state index in [2.05, 4.69) is 34.6 Å². The first-order valence-electron chi connectivity index (χ1n) is 12.7. The molecule has 8 atom stereocenters. The van der Waals surface area contributed by atoms with Crippen molar-refractivity contribution in [2.45, 2.75) is 105 Å². The first-order valence-corrected chi connectivity index (χ1v) is 12.7. The highest BCUT2D eigenvalue weighted by Gasteiger charge is 2.61. The van der Waals surface area contributed by atoms with Crippen LogP contribution in [0.2, 0.25) is 0 Å². The summed E-state index contributed by atoms with van der Waals surface area (Å²) < 4.78 is 0. The van der Waals surface area contributed by atoms with Gasteiger partial charge >= 0.3 is 0 Å². The summed E-state index contributed by atoms with van der Waals surface area (Å²) in [4.78, 5) is 24.4. The van der Waals surface area contributed by atoms with Crippen LogP contribution in [0.25, 0.3) is 0 Å². The van der Waals surface area contributed by atoms with Gasteiger partial charge < -0.3 is 0 Å². The van der Waals surface area contributed by atoms with Gasteiger partial charge in [0, 0.05) is 12.8 Å². The van der Waals surface area contributed by atoms with Crippen LogP contribution >= 0.6 is 0 Å². The van der Waals surface area contributed by atoms with Crippen molar-refractivity contribution in [2.75, 3.05) is 0 Å². The summed E-state index contributed by atoms with van der Waals surface area (Å²) in [6.07, 6.45) is 13.2. The van der Waals surface area contributed by atoms with E-state index < -0.39 is 0 Å². The van der Waals surface area contributed by atoms with Crippen LogP contribution < -0.4 is 0 Å². The minimum atomic E-state index is -0.0808. The van der Waals surface area contributed by atoms with Gasteiger partial charge in [0.2, 0.25) is 0 Å². The van der Waals surface area contributed by atoms with E-state index in [0.717, 1.165) is 29.6 Å². The maximum absolute atomic E-state index is 12.4. The van der Waals surface area contributed by atoms with Crippen molar-refractivity contribution in [2.24, 2.45) is 52.3 Å². The van der Waals surface area contributed by atoms with E-state index in [4.69, 9.17) is 0 Å².